The molecular formula is C16H26ClNO2. The van der Waals surface area contributed by atoms with Gasteiger partial charge in [0.25, 0.3) is 0 Å². The number of benzene rings is 1. The van der Waals surface area contributed by atoms with Crippen LogP contribution in [0.3, 0.4) is 0 Å². The molecule has 0 aromatic heterocycles. The minimum absolute atomic E-state index is 0.0760. The quantitative estimate of drug-likeness (QED) is 0.761. The third-order valence-corrected chi connectivity index (χ3v) is 3.78. The number of halogens is 1. The lowest BCUT2D eigenvalue weighted by molar-refractivity contribution is 0.161. The fraction of sp³-hybridized carbons (Fsp3) is 0.625. The first kappa shape index (κ1) is 17.4. The first-order valence-electron chi connectivity index (χ1n) is 7.07. The van der Waals surface area contributed by atoms with Crippen molar-refractivity contribution < 1.29 is 10.2 Å². The van der Waals surface area contributed by atoms with Crippen molar-refractivity contribution in [3.8, 4) is 0 Å². The van der Waals surface area contributed by atoms with Crippen LogP contribution >= 0.6 is 11.6 Å². The molecule has 0 heterocycles. The van der Waals surface area contributed by atoms with Crippen molar-refractivity contribution in [2.45, 2.75) is 31.6 Å². The molecule has 1 rings (SSSR count). The molecule has 0 fully saturated rings. The summed E-state index contributed by atoms with van der Waals surface area (Å²) in [6, 6.07) is 8.36. The Labute approximate surface area is 127 Å². The summed E-state index contributed by atoms with van der Waals surface area (Å²) in [6.07, 6.45) is 0. The maximum atomic E-state index is 9.01. The molecule has 4 heteroatoms. The number of rotatable bonds is 7. The normalized spacial score (nSPS) is 13.8. The second-order valence-corrected chi connectivity index (χ2v) is 6.61. The first-order valence-corrected chi connectivity index (χ1v) is 7.50. The van der Waals surface area contributed by atoms with E-state index in [2.05, 4.69) is 45.0 Å². The molecule has 0 aliphatic heterocycles. The summed E-state index contributed by atoms with van der Waals surface area (Å²) < 4.78 is 0. The molecule has 0 aliphatic carbocycles. The van der Waals surface area contributed by atoms with Crippen LogP contribution in [0.15, 0.2) is 24.3 Å². The minimum atomic E-state index is -0.137. The molecule has 0 radical (unpaired) electrons. The molecule has 0 spiro atoms. The van der Waals surface area contributed by atoms with Gasteiger partial charge in [0.05, 0.1) is 18.6 Å². The predicted molar refractivity (Wildman–Crippen MR) is 84.3 cm³/mol. The van der Waals surface area contributed by atoms with Gasteiger partial charge in [-0.1, -0.05) is 45.0 Å². The zero-order valence-corrected chi connectivity index (χ0v) is 13.4. The summed E-state index contributed by atoms with van der Waals surface area (Å²) in [5, 5.41) is 17.9. The monoisotopic (exact) mass is 299 g/mol. The van der Waals surface area contributed by atoms with E-state index >= 15 is 0 Å². The van der Waals surface area contributed by atoms with Crippen LogP contribution in [-0.2, 0) is 5.41 Å². The van der Waals surface area contributed by atoms with Crippen molar-refractivity contribution >= 4 is 11.6 Å². The standard InChI is InChI=1S/C16H26ClNO2/c1-16(2,3)14-6-4-13(5-7-14)15(17)12-18(8-10-19)9-11-20/h4-7,15,19-20H,8-12H2,1-3H3. The molecule has 1 unspecified atom stereocenters. The summed E-state index contributed by atoms with van der Waals surface area (Å²) >= 11 is 6.43. The Morgan fingerprint density at radius 2 is 1.55 bits per heavy atom. The zero-order chi connectivity index (χ0) is 15.2. The SMILES string of the molecule is CC(C)(C)c1ccc(C(Cl)CN(CCO)CCO)cc1. The predicted octanol–water partition coefficient (Wildman–Crippen LogP) is 2.55. The van der Waals surface area contributed by atoms with Crippen LogP contribution in [0.1, 0.15) is 37.3 Å². The second-order valence-electron chi connectivity index (χ2n) is 6.09. The van der Waals surface area contributed by atoms with Crippen LogP contribution in [0.25, 0.3) is 0 Å². The van der Waals surface area contributed by atoms with Gasteiger partial charge in [-0.05, 0) is 16.5 Å². The van der Waals surface area contributed by atoms with Crippen LogP contribution in [0.5, 0.6) is 0 Å². The van der Waals surface area contributed by atoms with Crippen molar-refractivity contribution in [2.75, 3.05) is 32.8 Å². The number of nitrogens with zero attached hydrogens (tertiary/aromatic N) is 1. The lowest BCUT2D eigenvalue weighted by atomic mass is 9.86. The topological polar surface area (TPSA) is 43.7 Å². The Morgan fingerprint density at radius 3 is 1.95 bits per heavy atom. The van der Waals surface area contributed by atoms with Gasteiger partial charge >= 0.3 is 0 Å². The van der Waals surface area contributed by atoms with E-state index in [4.69, 9.17) is 21.8 Å². The van der Waals surface area contributed by atoms with Crippen LogP contribution in [0.2, 0.25) is 0 Å². The maximum Gasteiger partial charge on any atom is 0.0712 e. The summed E-state index contributed by atoms with van der Waals surface area (Å²) in [5.74, 6) is 0. The third kappa shape index (κ3) is 5.41. The lowest BCUT2D eigenvalue weighted by Crippen LogP contribution is -2.32. The van der Waals surface area contributed by atoms with Gasteiger partial charge in [-0.2, -0.15) is 0 Å². The molecule has 114 valence electrons. The fourth-order valence-corrected chi connectivity index (χ4v) is 2.44. The Morgan fingerprint density at radius 1 is 1.05 bits per heavy atom. The number of aliphatic hydroxyl groups excluding tert-OH is 2. The molecule has 0 amide bonds. The van der Waals surface area contributed by atoms with Crippen LogP contribution in [0.4, 0.5) is 0 Å². The van der Waals surface area contributed by atoms with Gasteiger partial charge in [-0.3, -0.25) is 4.90 Å². The van der Waals surface area contributed by atoms with Gasteiger partial charge in [-0.15, -0.1) is 11.6 Å². The van der Waals surface area contributed by atoms with Crippen molar-refractivity contribution in [1.29, 1.82) is 0 Å². The summed E-state index contributed by atoms with van der Waals surface area (Å²) in [5.41, 5.74) is 2.49. The molecule has 2 N–H and O–H groups in total. The Kier molecular flexibility index (Phi) is 6.96. The first-order chi connectivity index (χ1) is 9.38. The van der Waals surface area contributed by atoms with E-state index in [-0.39, 0.29) is 24.0 Å². The third-order valence-electron chi connectivity index (χ3n) is 3.39. The van der Waals surface area contributed by atoms with Crippen LogP contribution < -0.4 is 0 Å². The van der Waals surface area contributed by atoms with Gasteiger partial charge in [0, 0.05) is 19.6 Å². The van der Waals surface area contributed by atoms with E-state index in [1.54, 1.807) is 0 Å². The van der Waals surface area contributed by atoms with E-state index < -0.39 is 0 Å². The Bertz CT molecular complexity index is 380. The van der Waals surface area contributed by atoms with E-state index in [1.165, 1.54) is 5.56 Å². The highest BCUT2D eigenvalue weighted by Gasteiger charge is 2.16. The van der Waals surface area contributed by atoms with Crippen molar-refractivity contribution in [1.82, 2.24) is 4.90 Å². The molecule has 0 saturated heterocycles. The maximum absolute atomic E-state index is 9.01. The second kappa shape index (κ2) is 7.99. The fourth-order valence-electron chi connectivity index (χ4n) is 2.10. The molecule has 0 saturated carbocycles. The number of alkyl halides is 1. The van der Waals surface area contributed by atoms with Crippen LogP contribution in [0, 0.1) is 0 Å². The lowest BCUT2D eigenvalue weighted by Gasteiger charge is -2.24. The van der Waals surface area contributed by atoms with Gasteiger partial charge in [0.1, 0.15) is 0 Å². The average molecular weight is 300 g/mol. The van der Waals surface area contributed by atoms with Crippen molar-refractivity contribution in [2.24, 2.45) is 0 Å². The van der Waals surface area contributed by atoms with E-state index in [9.17, 15) is 0 Å². The molecule has 1 aromatic carbocycles. The Balaban J connectivity index is 2.69. The molecule has 3 nitrogen and oxygen atoms in total. The van der Waals surface area contributed by atoms with Gasteiger partial charge in [0.2, 0.25) is 0 Å². The molecular weight excluding hydrogens is 274 g/mol. The van der Waals surface area contributed by atoms with E-state index in [1.807, 2.05) is 4.90 Å². The number of hydrogen-bond acceptors (Lipinski definition) is 3. The van der Waals surface area contributed by atoms with Gasteiger partial charge < -0.3 is 10.2 Å². The highest BCUT2D eigenvalue weighted by molar-refractivity contribution is 6.21. The van der Waals surface area contributed by atoms with Crippen LogP contribution in [-0.4, -0.2) is 48.0 Å². The largest absolute Gasteiger partial charge is 0.395 e. The summed E-state index contributed by atoms with van der Waals surface area (Å²) in [7, 11) is 0. The highest BCUT2D eigenvalue weighted by atomic mass is 35.5. The average Bonchev–Trinajstić information content (AvgIpc) is 2.38. The van der Waals surface area contributed by atoms with E-state index in [0.717, 1.165) is 5.56 Å². The molecule has 0 bridgehead atoms. The Hall–Kier alpha value is -0.610. The summed E-state index contributed by atoms with van der Waals surface area (Å²) in [6.45, 7) is 8.39. The molecule has 1 atom stereocenters. The number of aliphatic hydroxyl groups is 2. The zero-order valence-electron chi connectivity index (χ0n) is 12.6. The van der Waals surface area contributed by atoms with Gasteiger partial charge in [0.15, 0.2) is 0 Å². The highest BCUT2D eigenvalue weighted by Crippen LogP contribution is 2.26. The minimum Gasteiger partial charge on any atom is -0.395 e. The molecule has 1 aromatic rings. The van der Waals surface area contributed by atoms with Gasteiger partial charge in [-0.25, -0.2) is 0 Å². The smallest absolute Gasteiger partial charge is 0.0712 e. The van der Waals surface area contributed by atoms with E-state index in [0.29, 0.717) is 19.6 Å². The number of hydrogen-bond donors (Lipinski definition) is 2. The van der Waals surface area contributed by atoms with Crippen molar-refractivity contribution in [3.63, 3.8) is 0 Å². The summed E-state index contributed by atoms with van der Waals surface area (Å²) in [4.78, 5) is 1.97. The molecule has 20 heavy (non-hydrogen) atoms. The molecule has 0 aliphatic rings. The van der Waals surface area contributed by atoms with Crippen molar-refractivity contribution in [3.05, 3.63) is 35.4 Å².